The molecule has 7 nitrogen and oxygen atoms in total. The lowest BCUT2D eigenvalue weighted by Crippen LogP contribution is -2.33. The van der Waals surface area contributed by atoms with Crippen LogP contribution in [0.2, 0.25) is 0 Å². The molecular formula is C27H30N2O5S2. The zero-order valence-corrected chi connectivity index (χ0v) is 22.8. The molecular weight excluding hydrogens is 496 g/mol. The van der Waals surface area contributed by atoms with Crippen LogP contribution in [-0.4, -0.2) is 24.8 Å². The van der Waals surface area contributed by atoms with Gasteiger partial charge in [-0.2, -0.15) is 7.94 Å². The molecule has 0 bridgehead atoms. The van der Waals surface area contributed by atoms with Crippen molar-refractivity contribution in [1.82, 2.24) is 7.94 Å². The fraction of sp³-hybridized carbons (Fsp3) is 0.296. The Hall–Kier alpha value is -3.17. The van der Waals surface area contributed by atoms with Gasteiger partial charge in [-0.1, -0.05) is 77.9 Å². The average molecular weight is 527 g/mol. The Kier molecular flexibility index (Phi) is 6.08. The van der Waals surface area contributed by atoms with Crippen LogP contribution in [0.5, 0.6) is 0 Å². The van der Waals surface area contributed by atoms with Gasteiger partial charge in [-0.05, 0) is 58.4 Å². The quantitative estimate of drug-likeness (QED) is 0.378. The second-order valence-electron chi connectivity index (χ2n) is 10.9. The molecule has 1 aromatic heterocycles. The highest BCUT2D eigenvalue weighted by molar-refractivity contribution is 7.91. The molecule has 0 spiro atoms. The molecule has 36 heavy (non-hydrogen) atoms. The molecule has 0 N–H and O–H groups in total. The van der Waals surface area contributed by atoms with Crippen LogP contribution < -0.4 is 5.69 Å². The molecule has 0 unspecified atom stereocenters. The van der Waals surface area contributed by atoms with Crippen molar-refractivity contribution in [3.05, 3.63) is 94.4 Å². The predicted molar refractivity (Wildman–Crippen MR) is 142 cm³/mol. The minimum atomic E-state index is -4.39. The number of benzene rings is 3. The summed E-state index contributed by atoms with van der Waals surface area (Å²) in [7, 11) is -8.77. The van der Waals surface area contributed by atoms with E-state index in [4.69, 9.17) is 0 Å². The number of para-hydroxylation sites is 2. The van der Waals surface area contributed by atoms with Gasteiger partial charge in [0.15, 0.2) is 0 Å². The normalized spacial score (nSPS) is 13.3. The number of aromatic nitrogens is 2. The van der Waals surface area contributed by atoms with E-state index in [2.05, 4.69) is 0 Å². The van der Waals surface area contributed by atoms with Crippen molar-refractivity contribution in [3.8, 4) is 0 Å². The van der Waals surface area contributed by atoms with Crippen molar-refractivity contribution >= 4 is 31.1 Å². The van der Waals surface area contributed by atoms with Gasteiger partial charge in [-0.3, -0.25) is 0 Å². The van der Waals surface area contributed by atoms with Crippen LogP contribution in [0.15, 0.2) is 87.4 Å². The van der Waals surface area contributed by atoms with Gasteiger partial charge < -0.3 is 0 Å². The first-order valence-electron chi connectivity index (χ1n) is 11.5. The van der Waals surface area contributed by atoms with Gasteiger partial charge in [0, 0.05) is 0 Å². The van der Waals surface area contributed by atoms with E-state index in [1.165, 1.54) is 36.4 Å². The summed E-state index contributed by atoms with van der Waals surface area (Å²) in [4.78, 5) is 13.3. The lowest BCUT2D eigenvalue weighted by atomic mass is 9.87. The summed E-state index contributed by atoms with van der Waals surface area (Å²) in [5, 5.41) is 0. The summed E-state index contributed by atoms with van der Waals surface area (Å²) < 4.78 is 55.6. The van der Waals surface area contributed by atoms with Gasteiger partial charge in [0.2, 0.25) is 0 Å². The zero-order valence-electron chi connectivity index (χ0n) is 21.2. The van der Waals surface area contributed by atoms with Gasteiger partial charge in [0.1, 0.15) is 0 Å². The Bertz CT molecular complexity index is 1590. The number of fused-ring (bicyclic) bond motifs is 1. The minimum absolute atomic E-state index is 0.0164. The van der Waals surface area contributed by atoms with Gasteiger partial charge in [-0.25, -0.2) is 21.6 Å². The highest BCUT2D eigenvalue weighted by Crippen LogP contribution is 2.28. The van der Waals surface area contributed by atoms with E-state index in [1.807, 2.05) is 41.5 Å². The van der Waals surface area contributed by atoms with E-state index in [-0.39, 0.29) is 31.7 Å². The van der Waals surface area contributed by atoms with Crippen LogP contribution in [0.1, 0.15) is 52.7 Å². The molecule has 0 fully saturated rings. The zero-order chi connectivity index (χ0) is 26.7. The molecule has 190 valence electrons. The maximum atomic E-state index is 13.6. The Morgan fingerprint density at radius 1 is 0.528 bits per heavy atom. The fourth-order valence-corrected chi connectivity index (χ4v) is 6.86. The summed E-state index contributed by atoms with van der Waals surface area (Å²) in [5.74, 6) is 0. The third-order valence-corrected chi connectivity index (χ3v) is 9.59. The highest BCUT2D eigenvalue weighted by atomic mass is 32.2. The molecule has 0 aliphatic carbocycles. The van der Waals surface area contributed by atoms with Crippen molar-refractivity contribution in [2.75, 3.05) is 0 Å². The highest BCUT2D eigenvalue weighted by Gasteiger charge is 2.31. The lowest BCUT2D eigenvalue weighted by Gasteiger charge is -2.19. The van der Waals surface area contributed by atoms with E-state index in [1.54, 1.807) is 36.4 Å². The molecule has 9 heteroatoms. The van der Waals surface area contributed by atoms with Crippen LogP contribution in [-0.2, 0) is 30.9 Å². The summed E-state index contributed by atoms with van der Waals surface area (Å²) >= 11 is 0. The van der Waals surface area contributed by atoms with Crippen molar-refractivity contribution < 1.29 is 16.8 Å². The summed E-state index contributed by atoms with van der Waals surface area (Å²) in [6.07, 6.45) is 0. The molecule has 3 aromatic carbocycles. The number of nitrogens with zero attached hydrogens (tertiary/aromatic N) is 2. The molecule has 0 aliphatic rings. The van der Waals surface area contributed by atoms with Crippen molar-refractivity contribution in [3.63, 3.8) is 0 Å². The number of hydrogen-bond acceptors (Lipinski definition) is 5. The first-order chi connectivity index (χ1) is 16.6. The molecule has 0 saturated heterocycles. The Morgan fingerprint density at radius 3 is 1.11 bits per heavy atom. The topological polar surface area (TPSA) is 95.2 Å². The Balaban J connectivity index is 1.93. The lowest BCUT2D eigenvalue weighted by molar-refractivity contribution is 0.578. The molecule has 0 aliphatic heterocycles. The largest absolute Gasteiger partial charge is 0.357 e. The summed E-state index contributed by atoms with van der Waals surface area (Å²) in [5.41, 5.74) is 0.276. The van der Waals surface area contributed by atoms with Crippen LogP contribution in [0.25, 0.3) is 11.0 Å². The summed E-state index contributed by atoms with van der Waals surface area (Å²) in [6, 6.07) is 18.5. The van der Waals surface area contributed by atoms with E-state index < -0.39 is 25.7 Å². The van der Waals surface area contributed by atoms with Crippen LogP contribution in [0.3, 0.4) is 0 Å². The van der Waals surface area contributed by atoms with E-state index >= 15 is 0 Å². The summed E-state index contributed by atoms with van der Waals surface area (Å²) in [6.45, 7) is 12.0. The minimum Gasteiger partial charge on any atom is -0.245 e. The first kappa shape index (κ1) is 25.9. The van der Waals surface area contributed by atoms with Gasteiger partial charge in [-0.15, -0.1) is 0 Å². The second kappa shape index (κ2) is 8.45. The third-order valence-electron chi connectivity index (χ3n) is 6.18. The standard InChI is InChI=1S/C27H30N2O5S2/c1-26(2,3)19-11-15-21(16-12-19)35(31,32)28-23-9-7-8-10-24(23)29(25(28)30)36(33,34)22-17-13-20(14-18-22)27(4,5)6/h7-18H,1-6H3. The van der Waals surface area contributed by atoms with Gasteiger partial charge >= 0.3 is 5.69 Å². The van der Waals surface area contributed by atoms with Gasteiger partial charge in [0.05, 0.1) is 20.8 Å². The van der Waals surface area contributed by atoms with E-state index in [0.717, 1.165) is 11.1 Å². The van der Waals surface area contributed by atoms with Crippen LogP contribution in [0.4, 0.5) is 0 Å². The average Bonchev–Trinajstić information content (AvgIpc) is 3.11. The maximum Gasteiger partial charge on any atom is 0.357 e. The molecule has 1 heterocycles. The third kappa shape index (κ3) is 4.30. The van der Waals surface area contributed by atoms with Crippen LogP contribution >= 0.6 is 0 Å². The van der Waals surface area contributed by atoms with E-state index in [9.17, 15) is 21.6 Å². The Labute approximate surface area is 212 Å². The maximum absolute atomic E-state index is 13.6. The predicted octanol–water partition coefficient (Wildman–Crippen LogP) is 4.87. The molecule has 4 aromatic rings. The van der Waals surface area contributed by atoms with Gasteiger partial charge in [0.25, 0.3) is 20.0 Å². The Morgan fingerprint density at radius 2 is 0.833 bits per heavy atom. The molecule has 0 radical (unpaired) electrons. The number of hydrogen-bond donors (Lipinski definition) is 0. The molecule has 4 rings (SSSR count). The van der Waals surface area contributed by atoms with Crippen molar-refractivity contribution in [1.29, 1.82) is 0 Å². The first-order valence-corrected chi connectivity index (χ1v) is 14.4. The second-order valence-corrected chi connectivity index (χ2v) is 14.4. The van der Waals surface area contributed by atoms with Crippen molar-refractivity contribution in [2.45, 2.75) is 62.2 Å². The molecule has 0 atom stereocenters. The number of rotatable bonds is 4. The smallest absolute Gasteiger partial charge is 0.245 e. The molecule has 0 amide bonds. The van der Waals surface area contributed by atoms with Crippen molar-refractivity contribution in [2.24, 2.45) is 0 Å². The number of imidazole rings is 1. The fourth-order valence-electron chi connectivity index (χ4n) is 4.03. The van der Waals surface area contributed by atoms with E-state index in [0.29, 0.717) is 7.94 Å². The SMILES string of the molecule is CC(C)(C)c1ccc(S(=O)(=O)n2c(=O)n(S(=O)(=O)c3ccc(C(C)(C)C)cc3)c3ccccc32)cc1. The monoisotopic (exact) mass is 526 g/mol. The molecule has 0 saturated carbocycles. The van der Waals surface area contributed by atoms with Crippen LogP contribution in [0, 0.1) is 0 Å².